The maximum atomic E-state index is 12.8. The second kappa shape index (κ2) is 39.9. The van der Waals surface area contributed by atoms with E-state index < -0.39 is 38.6 Å². The molecule has 54 heavy (non-hydrogen) atoms. The lowest BCUT2D eigenvalue weighted by Gasteiger charge is -2.24. The summed E-state index contributed by atoms with van der Waals surface area (Å²) in [5, 5.41) is 24.0. The smallest absolute Gasteiger partial charge is 0.393 e. The normalized spacial score (nSPS) is 15.0. The van der Waals surface area contributed by atoms with Crippen LogP contribution in [0.4, 0.5) is 0 Å². The summed E-state index contributed by atoms with van der Waals surface area (Å²) in [5.41, 5.74) is 5.36. The first-order valence-corrected chi connectivity index (χ1v) is 23.7. The van der Waals surface area contributed by atoms with Gasteiger partial charge in [0.2, 0.25) is 5.91 Å². The van der Waals surface area contributed by atoms with Crippen LogP contribution >= 0.6 is 7.82 Å². The first kappa shape index (κ1) is 52.7. The molecule has 318 valence electrons. The molecule has 0 heterocycles. The monoisotopic (exact) mass is 785 g/mol. The minimum Gasteiger partial charge on any atom is -0.393 e. The molecule has 0 aromatic carbocycles. The molecule has 0 aliphatic carbocycles. The topological polar surface area (TPSA) is 151 Å². The summed E-state index contributed by atoms with van der Waals surface area (Å²) in [6, 6.07) is -1.00. The van der Waals surface area contributed by atoms with Crippen molar-refractivity contribution < 1.29 is 33.5 Å². The fraction of sp³-hybridized carbons (Fsp3) is 0.841. The van der Waals surface area contributed by atoms with Gasteiger partial charge in [-0.3, -0.25) is 13.8 Å². The van der Waals surface area contributed by atoms with Gasteiger partial charge in [0.25, 0.3) is 0 Å². The number of aliphatic hydroxyl groups excluding tert-OH is 2. The zero-order chi connectivity index (χ0) is 39.8. The highest BCUT2D eigenvalue weighted by Gasteiger charge is 2.27. The predicted octanol–water partition coefficient (Wildman–Crippen LogP) is 11.3. The Morgan fingerprint density at radius 3 is 1.54 bits per heavy atom. The highest BCUT2D eigenvalue weighted by atomic mass is 31.2. The Morgan fingerprint density at radius 2 is 1.06 bits per heavy atom. The van der Waals surface area contributed by atoms with Crippen molar-refractivity contribution in [2.75, 3.05) is 19.8 Å². The van der Waals surface area contributed by atoms with Crippen LogP contribution in [0.25, 0.3) is 0 Å². The van der Waals surface area contributed by atoms with E-state index >= 15 is 0 Å². The van der Waals surface area contributed by atoms with E-state index in [2.05, 4.69) is 43.5 Å². The van der Waals surface area contributed by atoms with Gasteiger partial charge in [0.05, 0.1) is 37.9 Å². The lowest BCUT2D eigenvalue weighted by atomic mass is 10.0. The summed E-state index contributed by atoms with van der Waals surface area (Å²) < 4.78 is 22.1. The zero-order valence-corrected chi connectivity index (χ0v) is 35.7. The molecule has 0 aliphatic rings. The van der Waals surface area contributed by atoms with Gasteiger partial charge in [0.1, 0.15) is 0 Å². The van der Waals surface area contributed by atoms with Crippen LogP contribution in [0.3, 0.4) is 0 Å². The molecule has 6 N–H and O–H groups in total. The molecular weight excluding hydrogens is 699 g/mol. The molecule has 9 nitrogen and oxygen atoms in total. The van der Waals surface area contributed by atoms with E-state index in [4.69, 9.17) is 14.8 Å². The number of nitrogens with one attached hydrogen (secondary N) is 1. The number of nitrogens with two attached hydrogens (primary N) is 1. The van der Waals surface area contributed by atoms with Crippen molar-refractivity contribution in [2.24, 2.45) is 5.73 Å². The summed E-state index contributed by atoms with van der Waals surface area (Å²) >= 11 is 0. The highest BCUT2D eigenvalue weighted by Crippen LogP contribution is 2.43. The van der Waals surface area contributed by atoms with Gasteiger partial charge in [-0.25, -0.2) is 4.57 Å². The largest absolute Gasteiger partial charge is 0.472 e. The lowest BCUT2D eigenvalue weighted by Crippen LogP contribution is -2.46. The van der Waals surface area contributed by atoms with E-state index in [-0.39, 0.29) is 19.6 Å². The van der Waals surface area contributed by atoms with Crippen LogP contribution in [0.5, 0.6) is 0 Å². The number of phosphoric ester groups is 1. The number of allylic oxidation sites excluding steroid dienone is 5. The summed E-state index contributed by atoms with van der Waals surface area (Å²) in [6.07, 6.45) is 43.7. The summed E-state index contributed by atoms with van der Waals surface area (Å²) in [7, 11) is -4.41. The molecular formula is C44H85N2O7P. The second-order valence-corrected chi connectivity index (χ2v) is 16.5. The molecule has 0 spiro atoms. The second-order valence-electron chi connectivity index (χ2n) is 15.1. The minimum atomic E-state index is -4.41. The Balaban J connectivity index is 4.40. The number of carbonyl (C=O) groups excluding carboxylic acids is 1. The van der Waals surface area contributed by atoms with Crippen molar-refractivity contribution in [2.45, 2.75) is 218 Å². The molecule has 0 fully saturated rings. The van der Waals surface area contributed by atoms with Crippen molar-refractivity contribution in [3.8, 4) is 0 Å². The molecule has 0 saturated carbocycles. The Bertz CT molecular complexity index is 961. The standard InChI is InChI=1S/C44H85N2O7P/c1-3-5-7-9-11-13-15-17-18-19-20-21-22-24-26-28-30-32-34-36-43(48)42(40-53-54(50,51)52-38-37-45)46-44(49)39-41(47)35-33-31-29-27-25-23-16-14-12-10-8-6-4-2/h20-21,26,28,34,36,41-43,47-48H,3-19,22-25,27,29-33,35,37-40,45H2,1-2H3,(H,46,49)(H,50,51)/b21-20+,28-26+,36-34+. The third-order valence-corrected chi connectivity index (χ3v) is 10.7. The van der Waals surface area contributed by atoms with Crippen LogP contribution in [-0.4, -0.2) is 59.0 Å². The van der Waals surface area contributed by atoms with Gasteiger partial charge in [-0.1, -0.05) is 185 Å². The quantitative estimate of drug-likeness (QED) is 0.0233. The van der Waals surface area contributed by atoms with Crippen LogP contribution in [0.2, 0.25) is 0 Å². The fourth-order valence-electron chi connectivity index (χ4n) is 6.38. The first-order valence-electron chi connectivity index (χ1n) is 22.2. The van der Waals surface area contributed by atoms with Crippen molar-refractivity contribution in [3.63, 3.8) is 0 Å². The fourth-order valence-corrected chi connectivity index (χ4v) is 7.14. The maximum absolute atomic E-state index is 12.8. The average molecular weight is 785 g/mol. The van der Waals surface area contributed by atoms with Crippen LogP contribution in [-0.2, 0) is 18.4 Å². The number of phosphoric acid groups is 1. The number of unbranched alkanes of at least 4 members (excludes halogenated alkanes) is 23. The molecule has 10 heteroatoms. The Hall–Kier alpha value is -1.32. The van der Waals surface area contributed by atoms with E-state index in [1.165, 1.54) is 122 Å². The molecule has 0 aromatic heterocycles. The molecule has 0 rings (SSSR count). The number of amides is 1. The summed E-state index contributed by atoms with van der Waals surface area (Å²) in [5.74, 6) is -0.459. The van der Waals surface area contributed by atoms with Crippen molar-refractivity contribution in [1.82, 2.24) is 5.32 Å². The van der Waals surface area contributed by atoms with Crippen LogP contribution < -0.4 is 11.1 Å². The van der Waals surface area contributed by atoms with E-state index in [1.807, 2.05) is 6.08 Å². The maximum Gasteiger partial charge on any atom is 0.472 e. The first-order chi connectivity index (χ1) is 26.3. The van der Waals surface area contributed by atoms with E-state index in [9.17, 15) is 24.5 Å². The zero-order valence-electron chi connectivity index (χ0n) is 34.8. The molecule has 0 radical (unpaired) electrons. The predicted molar refractivity (Wildman–Crippen MR) is 227 cm³/mol. The van der Waals surface area contributed by atoms with Crippen LogP contribution in [0.1, 0.15) is 200 Å². The third kappa shape index (κ3) is 37.6. The van der Waals surface area contributed by atoms with E-state index in [0.717, 1.165) is 44.9 Å². The number of hydrogen-bond donors (Lipinski definition) is 5. The number of aliphatic hydroxyl groups is 2. The molecule has 0 aromatic rings. The van der Waals surface area contributed by atoms with E-state index in [0.29, 0.717) is 12.8 Å². The molecule has 1 amide bonds. The van der Waals surface area contributed by atoms with Crippen molar-refractivity contribution in [3.05, 3.63) is 36.5 Å². The Labute approximate surface area is 332 Å². The molecule has 4 unspecified atom stereocenters. The van der Waals surface area contributed by atoms with Crippen molar-refractivity contribution in [1.29, 1.82) is 0 Å². The number of rotatable bonds is 41. The summed E-state index contributed by atoms with van der Waals surface area (Å²) in [4.78, 5) is 22.7. The van der Waals surface area contributed by atoms with Gasteiger partial charge in [0.15, 0.2) is 0 Å². The van der Waals surface area contributed by atoms with Gasteiger partial charge in [-0.15, -0.1) is 0 Å². The molecule has 0 saturated heterocycles. The van der Waals surface area contributed by atoms with Gasteiger partial charge in [0, 0.05) is 6.54 Å². The van der Waals surface area contributed by atoms with Gasteiger partial charge in [-0.05, 0) is 44.9 Å². The Kier molecular flexibility index (Phi) is 38.9. The van der Waals surface area contributed by atoms with Gasteiger partial charge >= 0.3 is 7.82 Å². The Morgan fingerprint density at radius 1 is 0.630 bits per heavy atom. The third-order valence-electron chi connectivity index (χ3n) is 9.75. The minimum absolute atomic E-state index is 0.0428. The van der Waals surface area contributed by atoms with Crippen molar-refractivity contribution >= 4 is 13.7 Å². The highest BCUT2D eigenvalue weighted by molar-refractivity contribution is 7.47. The summed E-state index contributed by atoms with van der Waals surface area (Å²) in [6.45, 7) is 3.94. The molecule has 4 atom stereocenters. The lowest BCUT2D eigenvalue weighted by molar-refractivity contribution is -0.124. The number of carbonyl (C=O) groups is 1. The van der Waals surface area contributed by atoms with Crippen LogP contribution in [0, 0.1) is 0 Å². The number of hydrogen-bond acceptors (Lipinski definition) is 7. The van der Waals surface area contributed by atoms with Gasteiger partial charge in [-0.2, -0.15) is 0 Å². The van der Waals surface area contributed by atoms with Gasteiger partial charge < -0.3 is 26.2 Å². The molecule has 0 aliphatic heterocycles. The molecule has 0 bridgehead atoms. The SMILES string of the molecule is CCCCCCCCCCC/C=C/CC/C=C/CC/C=C/C(O)C(COP(=O)(O)OCCN)NC(=O)CC(O)CCCCCCCCCCCCCCC. The van der Waals surface area contributed by atoms with Crippen LogP contribution in [0.15, 0.2) is 36.5 Å². The van der Waals surface area contributed by atoms with E-state index in [1.54, 1.807) is 6.08 Å². The average Bonchev–Trinajstić information content (AvgIpc) is 3.15.